The number of nitrogen functional groups attached to an aromatic ring is 1. The van der Waals surface area contributed by atoms with Gasteiger partial charge in [-0.3, -0.25) is 0 Å². The lowest BCUT2D eigenvalue weighted by molar-refractivity contribution is 0.788. The first-order valence-electron chi connectivity index (χ1n) is 4.07. The molecule has 0 amide bonds. The van der Waals surface area contributed by atoms with Crippen LogP contribution in [-0.4, -0.2) is 0 Å². The molecular weight excluding hydrogens is 134 g/mol. The van der Waals surface area contributed by atoms with Gasteiger partial charge in [0.05, 0.1) is 0 Å². The average molecular weight is 149 g/mol. The van der Waals surface area contributed by atoms with Crippen LogP contribution in [0, 0.1) is 0 Å². The van der Waals surface area contributed by atoms with Gasteiger partial charge >= 0.3 is 0 Å². The molecule has 1 nitrogen and oxygen atoms in total. The third-order valence-electron chi connectivity index (χ3n) is 2.61. The fourth-order valence-corrected chi connectivity index (χ4v) is 1.36. The van der Waals surface area contributed by atoms with E-state index in [4.69, 9.17) is 5.73 Å². The Morgan fingerprint density at radius 1 is 1.27 bits per heavy atom. The molecule has 11 heavy (non-hydrogen) atoms. The van der Waals surface area contributed by atoms with Gasteiger partial charge in [-0.2, -0.15) is 0 Å². The Morgan fingerprint density at radius 2 is 1.82 bits per heavy atom. The Hall–Kier alpha value is -0.980. The zero-order valence-electron chi connectivity index (χ0n) is 6.80. The van der Waals surface area contributed by atoms with Crippen molar-refractivity contribution >= 4 is 5.69 Å². The second kappa shape index (κ2) is 2.00. The summed E-state index contributed by atoms with van der Waals surface area (Å²) in [6.45, 7) is 2.30. The summed E-state index contributed by atoms with van der Waals surface area (Å²) in [6, 6.07) is 8.25. The molecular formula is C10H15N. The minimum Gasteiger partial charge on any atom is -0.399 e. The molecule has 0 aromatic heterocycles. The molecule has 1 fully saturated rings. The second-order valence-corrected chi connectivity index (χ2v) is 3.68. The molecule has 1 aliphatic carbocycles. The van der Waals surface area contributed by atoms with Crippen LogP contribution in [0.15, 0.2) is 24.3 Å². The smallest absolute Gasteiger partial charge is 0.0314 e. The van der Waals surface area contributed by atoms with E-state index in [2.05, 4.69) is 19.1 Å². The number of nitrogens with two attached hydrogens (primary N) is 1. The van der Waals surface area contributed by atoms with E-state index in [1.807, 2.05) is 12.1 Å². The number of hydrogen-bond donors (Lipinski definition) is 1. The van der Waals surface area contributed by atoms with Crippen molar-refractivity contribution in [3.63, 3.8) is 0 Å². The third kappa shape index (κ3) is 1.11. The number of rotatable bonds is 1. The second-order valence-electron chi connectivity index (χ2n) is 3.68. The minimum absolute atomic E-state index is 0. The zero-order valence-corrected chi connectivity index (χ0v) is 6.80. The van der Waals surface area contributed by atoms with Crippen LogP contribution in [0.3, 0.4) is 0 Å². The molecule has 1 aromatic rings. The van der Waals surface area contributed by atoms with Gasteiger partial charge in [0.1, 0.15) is 0 Å². The first-order valence-corrected chi connectivity index (χ1v) is 4.07. The SMILES string of the molecule is CC1(c2ccc(N)cc2)CC1.[HH]. The molecule has 1 saturated carbocycles. The van der Waals surface area contributed by atoms with Crippen LogP contribution in [0.25, 0.3) is 0 Å². The summed E-state index contributed by atoms with van der Waals surface area (Å²) >= 11 is 0. The first kappa shape index (κ1) is 6.71. The van der Waals surface area contributed by atoms with Gasteiger partial charge in [-0.05, 0) is 36.0 Å². The van der Waals surface area contributed by atoms with Gasteiger partial charge in [-0.15, -0.1) is 0 Å². The van der Waals surface area contributed by atoms with E-state index in [0.717, 1.165) is 5.69 Å². The fraction of sp³-hybridized carbons (Fsp3) is 0.400. The van der Waals surface area contributed by atoms with Gasteiger partial charge in [0.15, 0.2) is 0 Å². The van der Waals surface area contributed by atoms with Gasteiger partial charge in [-0.25, -0.2) is 0 Å². The van der Waals surface area contributed by atoms with Crippen molar-refractivity contribution in [2.24, 2.45) is 0 Å². The quantitative estimate of drug-likeness (QED) is 0.610. The molecule has 1 aromatic carbocycles. The number of hydrogen-bond acceptors (Lipinski definition) is 1. The van der Waals surface area contributed by atoms with E-state index in [1.165, 1.54) is 18.4 Å². The summed E-state index contributed by atoms with van der Waals surface area (Å²) in [5.41, 5.74) is 8.37. The van der Waals surface area contributed by atoms with Gasteiger partial charge < -0.3 is 5.73 Å². The van der Waals surface area contributed by atoms with Crippen LogP contribution in [-0.2, 0) is 5.41 Å². The Labute approximate surface area is 68.7 Å². The summed E-state index contributed by atoms with van der Waals surface area (Å²) in [6.07, 6.45) is 2.66. The maximum absolute atomic E-state index is 5.59. The molecule has 1 heteroatoms. The summed E-state index contributed by atoms with van der Waals surface area (Å²) < 4.78 is 0. The Balaban J connectivity index is 0.000000720. The monoisotopic (exact) mass is 149 g/mol. The van der Waals surface area contributed by atoms with Crippen LogP contribution >= 0.6 is 0 Å². The molecule has 60 valence electrons. The molecule has 2 rings (SSSR count). The molecule has 0 aliphatic heterocycles. The van der Waals surface area contributed by atoms with E-state index in [-0.39, 0.29) is 1.43 Å². The minimum atomic E-state index is 0. The maximum Gasteiger partial charge on any atom is 0.0314 e. The lowest BCUT2D eigenvalue weighted by Crippen LogP contribution is -1.98. The lowest BCUT2D eigenvalue weighted by atomic mass is 9.98. The Bertz CT molecular complexity index is 262. The molecule has 0 heterocycles. The predicted molar refractivity (Wildman–Crippen MR) is 49.6 cm³/mol. The predicted octanol–water partition coefficient (Wildman–Crippen LogP) is 2.57. The van der Waals surface area contributed by atoms with Crippen LogP contribution in [0.5, 0.6) is 0 Å². The number of anilines is 1. The van der Waals surface area contributed by atoms with E-state index in [9.17, 15) is 0 Å². The topological polar surface area (TPSA) is 26.0 Å². The first-order chi connectivity index (χ1) is 5.21. The number of benzene rings is 1. The van der Waals surface area contributed by atoms with Gasteiger partial charge in [0.2, 0.25) is 0 Å². The molecule has 2 N–H and O–H groups in total. The van der Waals surface area contributed by atoms with E-state index < -0.39 is 0 Å². The fourth-order valence-electron chi connectivity index (χ4n) is 1.36. The van der Waals surface area contributed by atoms with Crippen molar-refractivity contribution < 1.29 is 1.43 Å². The van der Waals surface area contributed by atoms with Crippen molar-refractivity contribution in [1.82, 2.24) is 0 Å². The summed E-state index contributed by atoms with van der Waals surface area (Å²) in [5, 5.41) is 0. The molecule has 0 unspecified atom stereocenters. The summed E-state index contributed by atoms with van der Waals surface area (Å²) in [5.74, 6) is 0. The van der Waals surface area contributed by atoms with Crippen molar-refractivity contribution in [2.45, 2.75) is 25.2 Å². The molecule has 1 aliphatic rings. The van der Waals surface area contributed by atoms with Gasteiger partial charge in [0.25, 0.3) is 0 Å². The largest absolute Gasteiger partial charge is 0.399 e. The van der Waals surface area contributed by atoms with Crippen molar-refractivity contribution in [2.75, 3.05) is 5.73 Å². The molecule has 0 radical (unpaired) electrons. The molecule has 0 spiro atoms. The third-order valence-corrected chi connectivity index (χ3v) is 2.61. The molecule has 0 bridgehead atoms. The van der Waals surface area contributed by atoms with Crippen molar-refractivity contribution in [3.05, 3.63) is 29.8 Å². The van der Waals surface area contributed by atoms with E-state index >= 15 is 0 Å². The highest BCUT2D eigenvalue weighted by molar-refractivity contribution is 5.42. The Morgan fingerprint density at radius 3 is 2.27 bits per heavy atom. The van der Waals surface area contributed by atoms with E-state index in [0.29, 0.717) is 5.41 Å². The molecule has 0 atom stereocenters. The van der Waals surface area contributed by atoms with Crippen molar-refractivity contribution in [3.8, 4) is 0 Å². The van der Waals surface area contributed by atoms with Crippen LogP contribution in [0.2, 0.25) is 0 Å². The van der Waals surface area contributed by atoms with Crippen LogP contribution < -0.4 is 5.73 Å². The molecule has 0 saturated heterocycles. The average Bonchev–Trinajstić information content (AvgIpc) is 2.70. The van der Waals surface area contributed by atoms with Crippen LogP contribution in [0.1, 0.15) is 26.8 Å². The normalized spacial score (nSPS) is 19.7. The van der Waals surface area contributed by atoms with Crippen LogP contribution in [0.4, 0.5) is 5.69 Å². The lowest BCUT2D eigenvalue weighted by Gasteiger charge is -2.07. The zero-order chi connectivity index (χ0) is 7.90. The van der Waals surface area contributed by atoms with Gasteiger partial charge in [-0.1, -0.05) is 19.1 Å². The van der Waals surface area contributed by atoms with Crippen molar-refractivity contribution in [1.29, 1.82) is 0 Å². The standard InChI is InChI=1S/C10H13N.H2/c1-10(6-7-10)8-2-4-9(11)5-3-8;/h2-5H,6-7,11H2,1H3;1H. The highest BCUT2D eigenvalue weighted by Crippen LogP contribution is 2.47. The van der Waals surface area contributed by atoms with E-state index in [1.54, 1.807) is 0 Å². The van der Waals surface area contributed by atoms with Gasteiger partial charge in [0, 0.05) is 7.11 Å². The summed E-state index contributed by atoms with van der Waals surface area (Å²) in [4.78, 5) is 0. The maximum atomic E-state index is 5.59. The Kier molecular flexibility index (Phi) is 1.22. The highest BCUT2D eigenvalue weighted by atomic mass is 14.5. The highest BCUT2D eigenvalue weighted by Gasteiger charge is 2.38. The summed E-state index contributed by atoms with van der Waals surface area (Å²) in [7, 11) is 0.